The number of nitrogens with one attached hydrogen (secondary N) is 1. The van der Waals surface area contributed by atoms with Gasteiger partial charge in [0.1, 0.15) is 11.6 Å². The smallest absolute Gasteiger partial charge is 0.340 e. The highest BCUT2D eigenvalue weighted by molar-refractivity contribution is 7.11. The Hall–Kier alpha value is -3.26. The molecule has 0 unspecified atom stereocenters. The van der Waals surface area contributed by atoms with Crippen LogP contribution in [0.4, 0.5) is 10.2 Å². The second-order valence-corrected chi connectivity index (χ2v) is 6.48. The van der Waals surface area contributed by atoms with Gasteiger partial charge in [0.15, 0.2) is 12.4 Å². The van der Waals surface area contributed by atoms with Gasteiger partial charge in [0.25, 0.3) is 5.91 Å². The maximum atomic E-state index is 13.1. The van der Waals surface area contributed by atoms with Gasteiger partial charge in [-0.05, 0) is 42.1 Å². The zero-order chi connectivity index (χ0) is 19.2. The van der Waals surface area contributed by atoms with Crippen LogP contribution < -0.4 is 5.32 Å². The quantitative estimate of drug-likeness (QED) is 0.513. The Morgan fingerprint density at radius 3 is 2.70 bits per heavy atom. The van der Waals surface area contributed by atoms with Gasteiger partial charge in [-0.3, -0.25) is 4.79 Å². The Bertz CT molecular complexity index is 962. The van der Waals surface area contributed by atoms with Gasteiger partial charge in [0, 0.05) is 10.9 Å². The third-order valence-electron chi connectivity index (χ3n) is 3.42. The number of aryl methyl sites for hydroxylation is 1. The predicted octanol–water partition coefficient (Wildman–Crippen LogP) is 3.91. The van der Waals surface area contributed by atoms with Crippen molar-refractivity contribution >= 4 is 40.7 Å². The summed E-state index contributed by atoms with van der Waals surface area (Å²) in [6, 6.07) is 10.8. The molecular weight excluding hydrogens is 371 g/mol. The molecular formula is C19H15FN2O4S. The van der Waals surface area contributed by atoms with E-state index in [1.807, 2.05) is 5.38 Å². The fourth-order valence-electron chi connectivity index (χ4n) is 2.20. The molecule has 2 heterocycles. The first kappa shape index (κ1) is 18.5. The first-order chi connectivity index (χ1) is 13.0. The summed E-state index contributed by atoms with van der Waals surface area (Å²) in [7, 11) is 0. The summed E-state index contributed by atoms with van der Waals surface area (Å²) in [6.07, 6.45) is 1.59. The van der Waals surface area contributed by atoms with Crippen molar-refractivity contribution in [2.75, 3.05) is 11.9 Å². The zero-order valence-electron chi connectivity index (χ0n) is 14.3. The minimum Gasteiger partial charge on any atom is -0.452 e. The summed E-state index contributed by atoms with van der Waals surface area (Å²) in [5.41, 5.74) is 0.918. The number of esters is 1. The van der Waals surface area contributed by atoms with E-state index in [2.05, 4.69) is 10.5 Å². The Morgan fingerprint density at radius 1 is 1.30 bits per heavy atom. The van der Waals surface area contributed by atoms with Gasteiger partial charge in [0.05, 0.1) is 5.57 Å². The van der Waals surface area contributed by atoms with Gasteiger partial charge >= 0.3 is 5.97 Å². The van der Waals surface area contributed by atoms with E-state index in [1.54, 1.807) is 43.3 Å². The van der Waals surface area contributed by atoms with Gasteiger partial charge in [-0.1, -0.05) is 23.4 Å². The Kier molecular flexibility index (Phi) is 5.77. The number of halogens is 1. The third kappa shape index (κ3) is 5.11. The number of anilines is 1. The average Bonchev–Trinajstić information content (AvgIpc) is 3.31. The number of benzene rings is 1. The molecule has 0 fully saturated rings. The van der Waals surface area contributed by atoms with Gasteiger partial charge < -0.3 is 14.6 Å². The highest BCUT2D eigenvalue weighted by Crippen LogP contribution is 2.24. The topological polar surface area (TPSA) is 81.4 Å². The van der Waals surface area contributed by atoms with E-state index in [0.29, 0.717) is 16.2 Å². The largest absolute Gasteiger partial charge is 0.452 e. The Balaban J connectivity index is 1.70. The summed E-state index contributed by atoms with van der Waals surface area (Å²) in [4.78, 5) is 25.1. The summed E-state index contributed by atoms with van der Waals surface area (Å²) in [5.74, 6) is -0.775. The number of amides is 1. The SMILES string of the molecule is Cc1cc(NC(=O)COC(=O)/C(=C/c2ccc(F)cc2)c2cccs2)no1. The molecule has 3 aromatic rings. The van der Waals surface area contributed by atoms with Crippen LogP contribution >= 0.6 is 11.3 Å². The molecule has 1 amide bonds. The third-order valence-corrected chi connectivity index (χ3v) is 4.32. The standard InChI is InChI=1S/C19H15FN2O4S/c1-12-9-17(22-26-12)21-18(23)11-25-19(24)15(16-3-2-8-27-16)10-13-4-6-14(20)7-5-13/h2-10H,11H2,1H3,(H,21,22,23)/b15-10+. The summed E-state index contributed by atoms with van der Waals surface area (Å²) in [5, 5.41) is 7.92. The number of carbonyl (C=O) groups excluding carboxylic acids is 2. The molecule has 0 bridgehead atoms. The molecule has 6 nitrogen and oxygen atoms in total. The van der Waals surface area contributed by atoms with Crippen LogP contribution in [0.5, 0.6) is 0 Å². The number of ether oxygens (including phenoxy) is 1. The van der Waals surface area contributed by atoms with Crippen molar-refractivity contribution in [3.05, 3.63) is 69.9 Å². The molecule has 0 aliphatic rings. The second-order valence-electron chi connectivity index (χ2n) is 5.53. The van der Waals surface area contributed by atoms with Crippen LogP contribution in [0.3, 0.4) is 0 Å². The van der Waals surface area contributed by atoms with E-state index in [-0.39, 0.29) is 17.2 Å². The zero-order valence-corrected chi connectivity index (χ0v) is 15.1. The van der Waals surface area contributed by atoms with Gasteiger partial charge in [0.2, 0.25) is 0 Å². The second kappa shape index (κ2) is 8.41. The molecule has 0 spiro atoms. The molecule has 27 heavy (non-hydrogen) atoms. The minimum absolute atomic E-state index is 0.244. The van der Waals surface area contributed by atoms with E-state index in [1.165, 1.54) is 23.5 Å². The maximum absolute atomic E-state index is 13.1. The molecule has 1 N–H and O–H groups in total. The van der Waals surface area contributed by atoms with Crippen LogP contribution in [0, 0.1) is 12.7 Å². The van der Waals surface area contributed by atoms with Crippen molar-refractivity contribution in [1.29, 1.82) is 0 Å². The van der Waals surface area contributed by atoms with Crippen molar-refractivity contribution in [3.8, 4) is 0 Å². The van der Waals surface area contributed by atoms with Crippen molar-refractivity contribution in [2.24, 2.45) is 0 Å². The number of nitrogens with zero attached hydrogens (tertiary/aromatic N) is 1. The molecule has 0 aliphatic heterocycles. The van der Waals surface area contributed by atoms with Crippen molar-refractivity contribution in [2.45, 2.75) is 6.92 Å². The number of rotatable bonds is 6. The number of carbonyl (C=O) groups is 2. The van der Waals surface area contributed by atoms with Gasteiger partial charge in [-0.15, -0.1) is 11.3 Å². The normalized spacial score (nSPS) is 11.3. The van der Waals surface area contributed by atoms with E-state index in [4.69, 9.17) is 9.26 Å². The van der Waals surface area contributed by atoms with Crippen molar-refractivity contribution < 1.29 is 23.2 Å². The summed E-state index contributed by atoms with van der Waals surface area (Å²) >= 11 is 1.36. The summed E-state index contributed by atoms with van der Waals surface area (Å²) in [6.45, 7) is 1.22. The molecule has 0 saturated heterocycles. The lowest BCUT2D eigenvalue weighted by Crippen LogP contribution is -2.21. The molecule has 3 rings (SSSR count). The fourth-order valence-corrected chi connectivity index (χ4v) is 2.93. The highest BCUT2D eigenvalue weighted by atomic mass is 32.1. The summed E-state index contributed by atoms with van der Waals surface area (Å²) < 4.78 is 23.0. The molecule has 0 atom stereocenters. The molecule has 0 radical (unpaired) electrons. The maximum Gasteiger partial charge on any atom is 0.340 e. The molecule has 8 heteroatoms. The van der Waals surface area contributed by atoms with Crippen molar-refractivity contribution in [3.63, 3.8) is 0 Å². The average molecular weight is 386 g/mol. The van der Waals surface area contributed by atoms with Crippen LogP contribution in [0.2, 0.25) is 0 Å². The van der Waals surface area contributed by atoms with Crippen LogP contribution in [-0.2, 0) is 14.3 Å². The Morgan fingerprint density at radius 2 is 2.07 bits per heavy atom. The lowest BCUT2D eigenvalue weighted by Gasteiger charge is -2.07. The number of hydrogen-bond donors (Lipinski definition) is 1. The fraction of sp³-hybridized carbons (Fsp3) is 0.105. The predicted molar refractivity (Wildman–Crippen MR) is 99.4 cm³/mol. The number of hydrogen-bond acceptors (Lipinski definition) is 6. The van der Waals surface area contributed by atoms with E-state index in [0.717, 1.165) is 0 Å². The molecule has 1 aromatic carbocycles. The highest BCUT2D eigenvalue weighted by Gasteiger charge is 2.17. The Labute approximate surface area is 158 Å². The molecule has 0 saturated carbocycles. The van der Waals surface area contributed by atoms with Crippen molar-refractivity contribution in [1.82, 2.24) is 5.16 Å². The van der Waals surface area contributed by atoms with E-state index < -0.39 is 18.5 Å². The van der Waals surface area contributed by atoms with Crippen LogP contribution in [-0.4, -0.2) is 23.6 Å². The van der Waals surface area contributed by atoms with Crippen LogP contribution in [0.15, 0.2) is 52.4 Å². The lowest BCUT2D eigenvalue weighted by atomic mass is 10.1. The van der Waals surface area contributed by atoms with Gasteiger partial charge in [-0.25, -0.2) is 9.18 Å². The van der Waals surface area contributed by atoms with Crippen LogP contribution in [0.25, 0.3) is 11.6 Å². The first-order valence-corrected chi connectivity index (χ1v) is 8.80. The van der Waals surface area contributed by atoms with Crippen LogP contribution in [0.1, 0.15) is 16.2 Å². The molecule has 0 aliphatic carbocycles. The minimum atomic E-state index is -0.659. The van der Waals surface area contributed by atoms with E-state index >= 15 is 0 Å². The lowest BCUT2D eigenvalue weighted by molar-refractivity contribution is -0.141. The number of aromatic nitrogens is 1. The molecule has 138 valence electrons. The van der Waals surface area contributed by atoms with E-state index in [9.17, 15) is 14.0 Å². The number of thiophene rings is 1. The monoisotopic (exact) mass is 386 g/mol. The molecule has 2 aromatic heterocycles. The van der Waals surface area contributed by atoms with Gasteiger partial charge in [-0.2, -0.15) is 0 Å². The first-order valence-electron chi connectivity index (χ1n) is 7.93.